The topological polar surface area (TPSA) is 113 Å². The van der Waals surface area contributed by atoms with Crippen LogP contribution in [0.15, 0.2) is 42.7 Å². The van der Waals surface area contributed by atoms with Crippen molar-refractivity contribution in [2.45, 2.75) is 5.75 Å². The average molecular weight is 349 g/mol. The highest BCUT2D eigenvalue weighted by Gasteiger charge is 2.05. The van der Waals surface area contributed by atoms with Crippen LogP contribution < -0.4 is 16.0 Å². The molecule has 2 rings (SSSR count). The van der Waals surface area contributed by atoms with E-state index in [2.05, 4.69) is 25.9 Å². The minimum absolute atomic E-state index is 0.0211. The Labute approximate surface area is 140 Å². The van der Waals surface area contributed by atoms with E-state index in [9.17, 15) is 13.2 Å². The number of urea groups is 1. The first-order valence-electron chi connectivity index (χ1n) is 7.25. The van der Waals surface area contributed by atoms with E-state index in [-0.39, 0.29) is 11.8 Å². The molecule has 1 aromatic heterocycles. The molecule has 0 atom stereocenters. The van der Waals surface area contributed by atoms with Crippen LogP contribution in [-0.4, -0.2) is 43.8 Å². The predicted molar refractivity (Wildman–Crippen MR) is 92.5 cm³/mol. The number of hydrogen-bond donors (Lipinski definition) is 3. The third-order valence-electron chi connectivity index (χ3n) is 2.90. The number of hydrogen-bond acceptors (Lipinski definition) is 6. The molecular weight excluding hydrogens is 330 g/mol. The highest BCUT2D eigenvalue weighted by molar-refractivity contribution is 7.89. The summed E-state index contributed by atoms with van der Waals surface area (Å²) >= 11 is 0. The normalized spacial score (nSPS) is 10.9. The van der Waals surface area contributed by atoms with E-state index in [0.29, 0.717) is 30.3 Å². The van der Waals surface area contributed by atoms with Crippen molar-refractivity contribution < 1.29 is 13.2 Å². The van der Waals surface area contributed by atoms with Crippen LogP contribution in [0.2, 0.25) is 0 Å². The van der Waals surface area contributed by atoms with Gasteiger partial charge in [0.05, 0.1) is 5.75 Å². The average Bonchev–Trinajstić information content (AvgIpc) is 2.53. The van der Waals surface area contributed by atoms with Crippen LogP contribution in [0.3, 0.4) is 0 Å². The van der Waals surface area contributed by atoms with Gasteiger partial charge in [-0.2, -0.15) is 0 Å². The van der Waals surface area contributed by atoms with Crippen molar-refractivity contribution in [3.8, 4) is 0 Å². The monoisotopic (exact) mass is 349 g/mol. The van der Waals surface area contributed by atoms with Crippen LogP contribution in [0.5, 0.6) is 0 Å². The number of carbonyl (C=O) groups is 1. The van der Waals surface area contributed by atoms with Gasteiger partial charge < -0.3 is 16.0 Å². The molecule has 128 valence electrons. The van der Waals surface area contributed by atoms with E-state index in [1.54, 1.807) is 42.7 Å². The Morgan fingerprint density at radius 1 is 1.08 bits per heavy atom. The molecule has 0 aliphatic carbocycles. The van der Waals surface area contributed by atoms with Crippen LogP contribution in [0.25, 0.3) is 0 Å². The van der Waals surface area contributed by atoms with E-state index in [4.69, 9.17) is 0 Å². The Balaban J connectivity index is 1.72. The molecule has 1 heterocycles. The first kappa shape index (κ1) is 17.7. The molecule has 0 fully saturated rings. The van der Waals surface area contributed by atoms with Crippen molar-refractivity contribution >= 4 is 27.5 Å². The Morgan fingerprint density at radius 3 is 2.38 bits per heavy atom. The number of nitrogens with zero attached hydrogens (tertiary/aromatic N) is 2. The lowest BCUT2D eigenvalue weighted by molar-refractivity contribution is 0.252. The Kier molecular flexibility index (Phi) is 6.07. The Morgan fingerprint density at radius 2 is 1.75 bits per heavy atom. The molecule has 0 aliphatic heterocycles. The van der Waals surface area contributed by atoms with Gasteiger partial charge in [0.25, 0.3) is 0 Å². The number of nitrogens with one attached hydrogen (secondary N) is 3. The number of anilines is 2. The van der Waals surface area contributed by atoms with Crippen LogP contribution in [0, 0.1) is 0 Å². The minimum Gasteiger partial charge on any atom is -0.352 e. The summed E-state index contributed by atoms with van der Waals surface area (Å²) < 4.78 is 22.4. The summed E-state index contributed by atoms with van der Waals surface area (Å²) in [6.07, 6.45) is 4.44. The van der Waals surface area contributed by atoms with Gasteiger partial charge in [-0.05, 0) is 23.8 Å². The van der Waals surface area contributed by atoms with Crippen LogP contribution in [0.4, 0.5) is 16.4 Å². The highest BCUT2D eigenvalue weighted by Crippen LogP contribution is 2.11. The second kappa shape index (κ2) is 8.25. The lowest BCUT2D eigenvalue weighted by Crippen LogP contribution is -2.32. The van der Waals surface area contributed by atoms with Gasteiger partial charge in [0.1, 0.15) is 0 Å². The summed E-state index contributed by atoms with van der Waals surface area (Å²) in [5, 5.41) is 8.33. The van der Waals surface area contributed by atoms with Gasteiger partial charge in [-0.15, -0.1) is 0 Å². The number of sulfone groups is 1. The number of carbonyl (C=O) groups excluding carboxylic acids is 1. The molecule has 2 aromatic rings. The maximum Gasteiger partial charge on any atom is 0.319 e. The van der Waals surface area contributed by atoms with E-state index in [1.807, 2.05) is 0 Å². The molecule has 9 heteroatoms. The Hall–Kier alpha value is -2.68. The molecule has 0 aliphatic rings. The number of amides is 2. The second-order valence-electron chi connectivity index (χ2n) is 5.15. The zero-order valence-electron chi connectivity index (χ0n) is 13.2. The minimum atomic E-state index is -3.07. The van der Waals surface area contributed by atoms with Gasteiger partial charge in [-0.1, -0.05) is 12.1 Å². The predicted octanol–water partition coefficient (Wildman–Crippen LogP) is 1.25. The molecule has 0 spiro atoms. The standard InChI is InChI=1S/C15H19N5O3S/c1-24(22,23)11-12-3-5-13(6-4-12)20-15(21)19-10-9-18-14-16-7-2-8-17-14/h2-8H,9-11H2,1H3,(H,16,17,18)(H2,19,20,21). The van der Waals surface area contributed by atoms with Crippen LogP contribution in [0.1, 0.15) is 5.56 Å². The molecular formula is C15H19N5O3S. The first-order valence-corrected chi connectivity index (χ1v) is 9.31. The largest absolute Gasteiger partial charge is 0.352 e. The second-order valence-corrected chi connectivity index (χ2v) is 7.29. The molecule has 1 aromatic carbocycles. The quantitative estimate of drug-likeness (QED) is 0.649. The maximum absolute atomic E-state index is 11.8. The summed E-state index contributed by atoms with van der Waals surface area (Å²) in [5.74, 6) is 0.480. The molecule has 24 heavy (non-hydrogen) atoms. The van der Waals surface area contributed by atoms with Gasteiger partial charge in [0.2, 0.25) is 5.95 Å². The van der Waals surface area contributed by atoms with Crippen molar-refractivity contribution in [1.82, 2.24) is 15.3 Å². The van der Waals surface area contributed by atoms with Crippen LogP contribution >= 0.6 is 0 Å². The molecule has 0 radical (unpaired) electrons. The van der Waals surface area contributed by atoms with Gasteiger partial charge in [-0.3, -0.25) is 0 Å². The molecule has 0 unspecified atom stereocenters. The SMILES string of the molecule is CS(=O)(=O)Cc1ccc(NC(=O)NCCNc2ncccn2)cc1. The lowest BCUT2D eigenvalue weighted by Gasteiger charge is -2.09. The van der Waals surface area contributed by atoms with Crippen molar-refractivity contribution in [2.75, 3.05) is 30.0 Å². The number of rotatable bonds is 7. The smallest absolute Gasteiger partial charge is 0.319 e. The molecule has 0 saturated heterocycles. The van der Waals surface area contributed by atoms with Gasteiger partial charge in [-0.25, -0.2) is 23.2 Å². The highest BCUT2D eigenvalue weighted by atomic mass is 32.2. The number of benzene rings is 1. The number of aromatic nitrogens is 2. The summed E-state index contributed by atoms with van der Waals surface area (Å²) in [5.41, 5.74) is 1.26. The van der Waals surface area contributed by atoms with Crippen molar-refractivity contribution in [1.29, 1.82) is 0 Å². The zero-order chi connectivity index (χ0) is 17.4. The van der Waals surface area contributed by atoms with Crippen molar-refractivity contribution in [3.05, 3.63) is 48.3 Å². The Bertz CT molecular complexity index is 763. The summed E-state index contributed by atoms with van der Waals surface area (Å²) in [4.78, 5) is 19.8. The molecule has 0 bridgehead atoms. The summed E-state index contributed by atoms with van der Waals surface area (Å²) in [6, 6.07) is 8.04. The molecule has 2 amide bonds. The zero-order valence-corrected chi connectivity index (χ0v) is 14.0. The fourth-order valence-corrected chi connectivity index (χ4v) is 2.70. The summed E-state index contributed by atoms with van der Waals surface area (Å²) in [7, 11) is -3.07. The third-order valence-corrected chi connectivity index (χ3v) is 3.76. The third kappa shape index (κ3) is 6.61. The fraction of sp³-hybridized carbons (Fsp3) is 0.267. The fourth-order valence-electron chi connectivity index (χ4n) is 1.90. The summed E-state index contributed by atoms with van der Waals surface area (Å²) in [6.45, 7) is 0.890. The first-order chi connectivity index (χ1) is 11.4. The van der Waals surface area contributed by atoms with Crippen molar-refractivity contribution in [3.63, 3.8) is 0 Å². The lowest BCUT2D eigenvalue weighted by atomic mass is 10.2. The molecule has 0 saturated carbocycles. The van der Waals surface area contributed by atoms with E-state index in [0.717, 1.165) is 0 Å². The van der Waals surface area contributed by atoms with E-state index >= 15 is 0 Å². The van der Waals surface area contributed by atoms with Gasteiger partial charge >= 0.3 is 6.03 Å². The van der Waals surface area contributed by atoms with Crippen LogP contribution in [-0.2, 0) is 15.6 Å². The van der Waals surface area contributed by atoms with Crippen molar-refractivity contribution in [2.24, 2.45) is 0 Å². The molecule has 3 N–H and O–H groups in total. The van der Waals surface area contributed by atoms with Gasteiger partial charge in [0.15, 0.2) is 9.84 Å². The maximum atomic E-state index is 11.8. The van der Waals surface area contributed by atoms with E-state index < -0.39 is 9.84 Å². The van der Waals surface area contributed by atoms with Gasteiger partial charge in [0, 0.05) is 37.4 Å². The molecule has 8 nitrogen and oxygen atoms in total. The van der Waals surface area contributed by atoms with E-state index in [1.165, 1.54) is 6.26 Å².